The minimum atomic E-state index is 0.711. The molecule has 1 aromatic carbocycles. The normalized spacial score (nSPS) is 10.9. The van der Waals surface area contributed by atoms with Crippen LogP contribution in [0.2, 0.25) is 5.02 Å². The minimum Gasteiger partial charge on any atom is -0.496 e. The first-order valence-electron chi connectivity index (χ1n) is 6.39. The number of halogens is 1. The molecule has 1 rings (SSSR count). The van der Waals surface area contributed by atoms with Crippen molar-refractivity contribution in [2.45, 2.75) is 19.9 Å². The van der Waals surface area contributed by atoms with Gasteiger partial charge in [0.2, 0.25) is 0 Å². The van der Waals surface area contributed by atoms with Crippen LogP contribution in [0.5, 0.6) is 5.75 Å². The van der Waals surface area contributed by atoms with Crippen LogP contribution in [0, 0.1) is 0 Å². The number of ether oxygens (including phenoxy) is 1. The molecule has 0 saturated carbocycles. The van der Waals surface area contributed by atoms with Crippen molar-refractivity contribution < 1.29 is 4.74 Å². The molecule has 0 aromatic heterocycles. The highest BCUT2D eigenvalue weighted by Gasteiger charge is 2.06. The largest absolute Gasteiger partial charge is 0.496 e. The molecule has 0 aliphatic heterocycles. The van der Waals surface area contributed by atoms with Gasteiger partial charge in [0.25, 0.3) is 0 Å². The second-order valence-electron chi connectivity index (χ2n) is 4.44. The summed E-state index contributed by atoms with van der Waals surface area (Å²) in [5, 5.41) is 4.11. The number of hydrogen-bond donors (Lipinski definition) is 1. The fourth-order valence-electron chi connectivity index (χ4n) is 1.79. The van der Waals surface area contributed by atoms with Crippen LogP contribution in [-0.4, -0.2) is 38.7 Å². The maximum Gasteiger partial charge on any atom is 0.124 e. The average molecular weight is 271 g/mol. The van der Waals surface area contributed by atoms with Gasteiger partial charge < -0.3 is 15.0 Å². The summed E-state index contributed by atoms with van der Waals surface area (Å²) >= 11 is 5.95. The lowest BCUT2D eigenvalue weighted by molar-refractivity contribution is 0.315. The minimum absolute atomic E-state index is 0.711. The Morgan fingerprint density at radius 3 is 2.78 bits per heavy atom. The Kier molecular flexibility index (Phi) is 7.09. The lowest BCUT2D eigenvalue weighted by atomic mass is 10.2. The molecule has 4 heteroatoms. The highest BCUT2D eigenvalue weighted by Crippen LogP contribution is 2.23. The van der Waals surface area contributed by atoms with E-state index < -0.39 is 0 Å². The summed E-state index contributed by atoms with van der Waals surface area (Å²) in [6.07, 6.45) is 1.18. The van der Waals surface area contributed by atoms with Gasteiger partial charge in [-0.15, -0.1) is 0 Å². The summed E-state index contributed by atoms with van der Waals surface area (Å²) in [6, 6.07) is 5.79. The molecule has 102 valence electrons. The first-order valence-corrected chi connectivity index (χ1v) is 6.76. The molecule has 0 aliphatic rings. The molecule has 0 amide bonds. The van der Waals surface area contributed by atoms with Gasteiger partial charge in [-0.3, -0.25) is 0 Å². The van der Waals surface area contributed by atoms with Gasteiger partial charge in [0.05, 0.1) is 7.11 Å². The van der Waals surface area contributed by atoms with Crippen molar-refractivity contribution in [1.29, 1.82) is 0 Å². The summed E-state index contributed by atoms with van der Waals surface area (Å²) in [7, 11) is 3.79. The summed E-state index contributed by atoms with van der Waals surface area (Å²) in [6.45, 7) is 6.16. The molecule has 3 nitrogen and oxygen atoms in total. The SMILES string of the molecule is CCCNCCN(C)Cc1ccc(Cl)cc1OC. The monoisotopic (exact) mass is 270 g/mol. The number of rotatable bonds is 8. The number of hydrogen-bond acceptors (Lipinski definition) is 3. The first kappa shape index (κ1) is 15.3. The maximum atomic E-state index is 5.95. The number of nitrogens with zero attached hydrogens (tertiary/aromatic N) is 1. The van der Waals surface area contributed by atoms with Crippen LogP contribution in [0.25, 0.3) is 0 Å². The summed E-state index contributed by atoms with van der Waals surface area (Å²) in [5.41, 5.74) is 1.17. The quantitative estimate of drug-likeness (QED) is 0.735. The van der Waals surface area contributed by atoms with E-state index in [1.54, 1.807) is 7.11 Å². The third-order valence-electron chi connectivity index (χ3n) is 2.79. The van der Waals surface area contributed by atoms with Crippen LogP contribution in [-0.2, 0) is 6.54 Å². The Hall–Kier alpha value is -0.770. The Morgan fingerprint density at radius 2 is 2.11 bits per heavy atom. The van der Waals surface area contributed by atoms with Crippen molar-refractivity contribution in [3.8, 4) is 5.75 Å². The van der Waals surface area contributed by atoms with Gasteiger partial charge >= 0.3 is 0 Å². The fourth-order valence-corrected chi connectivity index (χ4v) is 1.95. The van der Waals surface area contributed by atoms with Crippen LogP contribution >= 0.6 is 11.6 Å². The zero-order valence-corrected chi connectivity index (χ0v) is 12.3. The van der Waals surface area contributed by atoms with Crippen molar-refractivity contribution in [1.82, 2.24) is 10.2 Å². The molecular formula is C14H23ClN2O. The highest BCUT2D eigenvalue weighted by molar-refractivity contribution is 6.30. The predicted molar refractivity (Wildman–Crippen MR) is 77.5 cm³/mol. The van der Waals surface area contributed by atoms with Gasteiger partial charge in [-0.25, -0.2) is 0 Å². The zero-order valence-electron chi connectivity index (χ0n) is 11.5. The van der Waals surface area contributed by atoms with Gasteiger partial charge in [-0.1, -0.05) is 24.6 Å². The van der Waals surface area contributed by atoms with E-state index in [9.17, 15) is 0 Å². The molecule has 0 saturated heterocycles. The van der Waals surface area contributed by atoms with E-state index in [1.807, 2.05) is 18.2 Å². The third-order valence-corrected chi connectivity index (χ3v) is 3.02. The second kappa shape index (κ2) is 8.35. The predicted octanol–water partition coefficient (Wildman–Crippen LogP) is 2.78. The second-order valence-corrected chi connectivity index (χ2v) is 4.88. The summed E-state index contributed by atoms with van der Waals surface area (Å²) in [4.78, 5) is 2.27. The van der Waals surface area contributed by atoms with E-state index in [2.05, 4.69) is 24.2 Å². The van der Waals surface area contributed by atoms with E-state index in [-0.39, 0.29) is 0 Å². The summed E-state index contributed by atoms with van der Waals surface area (Å²) < 4.78 is 5.34. The van der Waals surface area contributed by atoms with Crippen molar-refractivity contribution >= 4 is 11.6 Å². The van der Waals surface area contributed by atoms with Gasteiger partial charge in [-0.2, -0.15) is 0 Å². The van der Waals surface area contributed by atoms with Crippen LogP contribution in [0.3, 0.4) is 0 Å². The van der Waals surface area contributed by atoms with Gasteiger partial charge in [0, 0.05) is 30.2 Å². The molecule has 0 heterocycles. The van der Waals surface area contributed by atoms with Crippen LogP contribution in [0.1, 0.15) is 18.9 Å². The Bertz CT molecular complexity index is 358. The smallest absolute Gasteiger partial charge is 0.124 e. The number of benzene rings is 1. The molecule has 1 aromatic rings. The topological polar surface area (TPSA) is 24.5 Å². The van der Waals surface area contributed by atoms with Gasteiger partial charge in [0.15, 0.2) is 0 Å². The van der Waals surface area contributed by atoms with E-state index >= 15 is 0 Å². The molecule has 0 unspecified atom stereocenters. The van der Waals surface area contributed by atoms with Gasteiger partial charge in [0.1, 0.15) is 5.75 Å². The summed E-state index contributed by atoms with van der Waals surface area (Å²) in [5.74, 6) is 0.857. The first-order chi connectivity index (χ1) is 8.67. The lowest BCUT2D eigenvalue weighted by Gasteiger charge is -2.18. The maximum absolute atomic E-state index is 5.95. The molecule has 1 N–H and O–H groups in total. The molecular weight excluding hydrogens is 248 g/mol. The van der Waals surface area contributed by atoms with E-state index in [4.69, 9.17) is 16.3 Å². The molecule has 0 atom stereocenters. The standard InChI is InChI=1S/C14H23ClN2O/c1-4-7-16-8-9-17(2)11-12-5-6-13(15)10-14(12)18-3/h5-6,10,16H,4,7-9,11H2,1-3H3. The van der Waals surface area contributed by atoms with Crippen molar-refractivity contribution in [3.63, 3.8) is 0 Å². The molecule has 18 heavy (non-hydrogen) atoms. The Labute approximate surface area is 115 Å². The van der Waals surface area contributed by atoms with Crippen molar-refractivity contribution in [2.75, 3.05) is 33.8 Å². The zero-order chi connectivity index (χ0) is 13.4. The van der Waals surface area contributed by atoms with E-state index in [0.29, 0.717) is 5.02 Å². The molecule has 0 aliphatic carbocycles. The molecule has 0 radical (unpaired) electrons. The van der Waals surface area contributed by atoms with E-state index in [1.165, 1.54) is 12.0 Å². The van der Waals surface area contributed by atoms with Crippen LogP contribution in [0.4, 0.5) is 0 Å². The highest BCUT2D eigenvalue weighted by atomic mass is 35.5. The van der Waals surface area contributed by atoms with Crippen LogP contribution in [0.15, 0.2) is 18.2 Å². The Balaban J connectivity index is 2.45. The van der Waals surface area contributed by atoms with Crippen molar-refractivity contribution in [2.24, 2.45) is 0 Å². The van der Waals surface area contributed by atoms with Crippen LogP contribution < -0.4 is 10.1 Å². The molecule has 0 bridgehead atoms. The van der Waals surface area contributed by atoms with E-state index in [0.717, 1.165) is 31.9 Å². The third kappa shape index (κ3) is 5.25. The molecule has 0 fully saturated rings. The van der Waals surface area contributed by atoms with Gasteiger partial charge in [-0.05, 0) is 32.1 Å². The van der Waals surface area contributed by atoms with Crippen molar-refractivity contribution in [3.05, 3.63) is 28.8 Å². The fraction of sp³-hybridized carbons (Fsp3) is 0.571. The Morgan fingerprint density at radius 1 is 1.33 bits per heavy atom. The number of nitrogens with one attached hydrogen (secondary N) is 1. The average Bonchev–Trinajstić information content (AvgIpc) is 2.37. The molecule has 0 spiro atoms. The number of likely N-dealkylation sites (N-methyl/N-ethyl adjacent to an activating group) is 1. The number of methoxy groups -OCH3 is 1. The lowest BCUT2D eigenvalue weighted by Crippen LogP contribution is -2.29.